The zero-order chi connectivity index (χ0) is 16.2. The van der Waals surface area contributed by atoms with Gasteiger partial charge >= 0.3 is 0 Å². The van der Waals surface area contributed by atoms with Crippen LogP contribution in [0.15, 0.2) is 103 Å². The molecule has 0 atom stereocenters. The highest BCUT2D eigenvalue weighted by Gasteiger charge is 2.11. The number of benzene rings is 4. The van der Waals surface area contributed by atoms with Crippen molar-refractivity contribution in [1.29, 1.82) is 0 Å². The van der Waals surface area contributed by atoms with Crippen molar-refractivity contribution in [1.82, 2.24) is 0 Å². The fourth-order valence-corrected chi connectivity index (χ4v) is 3.12. The summed E-state index contributed by atoms with van der Waals surface area (Å²) in [4.78, 5) is 0. The Morgan fingerprint density at radius 2 is 0.792 bits per heavy atom. The molecule has 0 saturated carbocycles. The lowest BCUT2D eigenvalue weighted by molar-refractivity contribution is 1.56. The average molecular weight is 305 g/mol. The highest BCUT2D eigenvalue weighted by atomic mass is 14.1. The molecule has 113 valence electrons. The van der Waals surface area contributed by atoms with E-state index in [1.54, 1.807) is 0 Å². The standard InChI is InChI=1S/C24H17/c1-3-11-19(12-4-1)21-15-7-9-17-23(21)24-18-10-8-16-22(24)20-13-5-2-6-14-20/h1,3-18H. The summed E-state index contributed by atoms with van der Waals surface area (Å²) >= 11 is 0. The van der Waals surface area contributed by atoms with Crippen LogP contribution in [0.1, 0.15) is 0 Å². The summed E-state index contributed by atoms with van der Waals surface area (Å²) in [5, 5.41) is 0. The molecule has 0 unspecified atom stereocenters. The second-order valence-corrected chi connectivity index (χ2v) is 5.75. The minimum absolute atomic E-state index is 1.22. The first-order chi connectivity index (χ1) is 11.9. The Hall–Kier alpha value is -3.12. The smallest absolute Gasteiger partial charge is 0.00992 e. The van der Waals surface area contributed by atoms with Crippen molar-refractivity contribution < 1.29 is 0 Å². The summed E-state index contributed by atoms with van der Waals surface area (Å²) in [6, 6.07) is 39.0. The van der Waals surface area contributed by atoms with Crippen LogP contribution in [0, 0.1) is 6.07 Å². The third-order valence-electron chi connectivity index (χ3n) is 4.26. The first kappa shape index (κ1) is 14.5. The maximum absolute atomic E-state index is 3.10. The molecule has 0 aliphatic rings. The number of hydrogen-bond acceptors (Lipinski definition) is 0. The lowest BCUT2D eigenvalue weighted by atomic mass is 9.89. The van der Waals surface area contributed by atoms with Gasteiger partial charge in [0.05, 0.1) is 0 Å². The van der Waals surface area contributed by atoms with Gasteiger partial charge < -0.3 is 0 Å². The summed E-state index contributed by atoms with van der Waals surface area (Å²) in [5.41, 5.74) is 7.47. The molecule has 0 saturated heterocycles. The van der Waals surface area contributed by atoms with Crippen LogP contribution in [0.2, 0.25) is 0 Å². The van der Waals surface area contributed by atoms with E-state index < -0.39 is 0 Å². The molecular formula is C24H17. The second-order valence-electron chi connectivity index (χ2n) is 5.75. The van der Waals surface area contributed by atoms with Crippen LogP contribution in [0.4, 0.5) is 0 Å². The number of rotatable bonds is 3. The molecule has 0 N–H and O–H groups in total. The first-order valence-corrected chi connectivity index (χ1v) is 8.14. The van der Waals surface area contributed by atoms with Crippen LogP contribution < -0.4 is 0 Å². The Kier molecular flexibility index (Phi) is 3.95. The predicted molar refractivity (Wildman–Crippen MR) is 102 cm³/mol. The molecule has 0 heteroatoms. The van der Waals surface area contributed by atoms with Gasteiger partial charge in [-0.1, -0.05) is 103 Å². The van der Waals surface area contributed by atoms with Gasteiger partial charge in [0.25, 0.3) is 0 Å². The summed E-state index contributed by atoms with van der Waals surface area (Å²) in [5.74, 6) is 0. The lowest BCUT2D eigenvalue weighted by Crippen LogP contribution is -1.88. The van der Waals surface area contributed by atoms with E-state index in [2.05, 4.69) is 97.1 Å². The molecule has 0 aliphatic carbocycles. The Morgan fingerprint density at radius 3 is 1.33 bits per heavy atom. The minimum Gasteiger partial charge on any atom is -0.0622 e. The molecule has 0 amide bonds. The maximum atomic E-state index is 3.10. The Balaban J connectivity index is 1.93. The summed E-state index contributed by atoms with van der Waals surface area (Å²) in [6.07, 6.45) is 0. The molecule has 0 bridgehead atoms. The largest absolute Gasteiger partial charge is 0.0622 e. The Bertz CT molecular complexity index is 857. The van der Waals surface area contributed by atoms with E-state index in [-0.39, 0.29) is 0 Å². The van der Waals surface area contributed by atoms with E-state index >= 15 is 0 Å². The van der Waals surface area contributed by atoms with Crippen LogP contribution in [0.3, 0.4) is 0 Å². The minimum atomic E-state index is 1.22. The Labute approximate surface area is 143 Å². The van der Waals surface area contributed by atoms with Crippen molar-refractivity contribution in [2.45, 2.75) is 0 Å². The van der Waals surface area contributed by atoms with Crippen LogP contribution in [0.5, 0.6) is 0 Å². The molecule has 4 rings (SSSR count). The highest BCUT2D eigenvalue weighted by molar-refractivity contribution is 5.91. The third kappa shape index (κ3) is 2.75. The van der Waals surface area contributed by atoms with Gasteiger partial charge in [-0.15, -0.1) is 0 Å². The van der Waals surface area contributed by atoms with Crippen LogP contribution >= 0.6 is 0 Å². The first-order valence-electron chi connectivity index (χ1n) is 8.14. The van der Waals surface area contributed by atoms with Gasteiger partial charge in [-0.2, -0.15) is 0 Å². The van der Waals surface area contributed by atoms with E-state index in [0.29, 0.717) is 0 Å². The number of hydrogen-bond donors (Lipinski definition) is 0. The Morgan fingerprint density at radius 1 is 0.375 bits per heavy atom. The molecule has 4 aromatic rings. The fourth-order valence-electron chi connectivity index (χ4n) is 3.12. The summed E-state index contributed by atoms with van der Waals surface area (Å²) < 4.78 is 0. The molecule has 24 heavy (non-hydrogen) atoms. The fraction of sp³-hybridized carbons (Fsp3) is 0. The molecule has 0 aromatic heterocycles. The summed E-state index contributed by atoms with van der Waals surface area (Å²) in [7, 11) is 0. The average Bonchev–Trinajstić information content (AvgIpc) is 2.69. The van der Waals surface area contributed by atoms with Crippen LogP contribution in [-0.2, 0) is 0 Å². The van der Waals surface area contributed by atoms with Crippen molar-refractivity contribution in [3.8, 4) is 33.4 Å². The predicted octanol–water partition coefficient (Wildman–Crippen LogP) is 6.49. The monoisotopic (exact) mass is 305 g/mol. The van der Waals surface area contributed by atoms with Gasteiger partial charge in [0.15, 0.2) is 0 Å². The summed E-state index contributed by atoms with van der Waals surface area (Å²) in [6.45, 7) is 0. The third-order valence-corrected chi connectivity index (χ3v) is 4.26. The van der Waals surface area contributed by atoms with E-state index in [1.807, 2.05) is 12.1 Å². The van der Waals surface area contributed by atoms with Crippen molar-refractivity contribution >= 4 is 0 Å². The van der Waals surface area contributed by atoms with E-state index in [1.165, 1.54) is 33.4 Å². The van der Waals surface area contributed by atoms with Crippen molar-refractivity contribution in [3.63, 3.8) is 0 Å². The normalized spacial score (nSPS) is 10.5. The van der Waals surface area contributed by atoms with Gasteiger partial charge in [-0.25, -0.2) is 0 Å². The van der Waals surface area contributed by atoms with E-state index in [9.17, 15) is 0 Å². The quantitative estimate of drug-likeness (QED) is 0.406. The van der Waals surface area contributed by atoms with Gasteiger partial charge in [0.1, 0.15) is 0 Å². The molecule has 0 nitrogen and oxygen atoms in total. The van der Waals surface area contributed by atoms with Crippen molar-refractivity contribution in [3.05, 3.63) is 109 Å². The van der Waals surface area contributed by atoms with E-state index in [0.717, 1.165) is 0 Å². The zero-order valence-corrected chi connectivity index (χ0v) is 13.3. The SMILES string of the molecule is [c]1ccc(-c2ccccc2-c2ccccc2-c2ccccc2)cc1. The van der Waals surface area contributed by atoms with Crippen LogP contribution in [-0.4, -0.2) is 0 Å². The van der Waals surface area contributed by atoms with Gasteiger partial charge in [-0.05, 0) is 39.4 Å². The van der Waals surface area contributed by atoms with Gasteiger partial charge in [0.2, 0.25) is 0 Å². The second kappa shape index (κ2) is 6.55. The van der Waals surface area contributed by atoms with Crippen molar-refractivity contribution in [2.24, 2.45) is 0 Å². The highest BCUT2D eigenvalue weighted by Crippen LogP contribution is 2.37. The molecule has 1 radical (unpaired) electrons. The molecule has 0 spiro atoms. The van der Waals surface area contributed by atoms with Gasteiger partial charge in [0, 0.05) is 0 Å². The maximum Gasteiger partial charge on any atom is -0.00992 e. The molecular weight excluding hydrogens is 288 g/mol. The van der Waals surface area contributed by atoms with Crippen LogP contribution in [0.25, 0.3) is 33.4 Å². The lowest BCUT2D eigenvalue weighted by Gasteiger charge is -2.14. The molecule has 4 aromatic carbocycles. The van der Waals surface area contributed by atoms with Crippen molar-refractivity contribution in [2.75, 3.05) is 0 Å². The van der Waals surface area contributed by atoms with E-state index in [4.69, 9.17) is 0 Å². The zero-order valence-electron chi connectivity index (χ0n) is 13.3. The van der Waals surface area contributed by atoms with Gasteiger partial charge in [-0.3, -0.25) is 0 Å². The molecule has 0 aliphatic heterocycles. The molecule has 0 heterocycles. The topological polar surface area (TPSA) is 0 Å². The molecule has 0 fully saturated rings.